The van der Waals surface area contributed by atoms with Crippen molar-refractivity contribution in [2.75, 3.05) is 31.1 Å². The number of para-hydroxylation sites is 1. The molecule has 1 aliphatic heterocycles. The average molecular weight is 421 g/mol. The highest BCUT2D eigenvalue weighted by Crippen LogP contribution is 2.30. The van der Waals surface area contributed by atoms with Crippen molar-refractivity contribution in [2.24, 2.45) is 5.92 Å². The molecule has 0 aliphatic carbocycles. The molecule has 1 aromatic carbocycles. The molecule has 3 aromatic rings. The molecule has 0 unspecified atom stereocenters. The van der Waals surface area contributed by atoms with Crippen molar-refractivity contribution in [3.8, 4) is 5.69 Å². The molecule has 0 saturated carbocycles. The van der Waals surface area contributed by atoms with Crippen molar-refractivity contribution in [3.63, 3.8) is 0 Å². The van der Waals surface area contributed by atoms with Crippen LogP contribution in [0.5, 0.6) is 0 Å². The van der Waals surface area contributed by atoms with Gasteiger partial charge in [0.05, 0.1) is 16.8 Å². The van der Waals surface area contributed by atoms with Crippen LogP contribution >= 0.6 is 0 Å². The summed E-state index contributed by atoms with van der Waals surface area (Å²) in [5, 5.41) is 5.85. The Morgan fingerprint density at radius 1 is 1.06 bits per heavy atom. The highest BCUT2D eigenvalue weighted by molar-refractivity contribution is 5.91. The number of carbonyl (C=O) groups is 1. The highest BCUT2D eigenvalue weighted by Gasteiger charge is 2.26. The molecule has 7 nitrogen and oxygen atoms in total. The molecule has 1 saturated heterocycles. The number of nitrogens with zero attached hydrogens (tertiary/aromatic N) is 6. The number of piperazine rings is 1. The lowest BCUT2D eigenvalue weighted by Crippen LogP contribution is -2.49. The second-order valence-corrected chi connectivity index (χ2v) is 8.77. The number of hydrogen-bond donors (Lipinski definition) is 0. The molecular weight excluding hydrogens is 388 g/mol. The average Bonchev–Trinajstić information content (AvgIpc) is 3.09. The van der Waals surface area contributed by atoms with Crippen LogP contribution in [0.4, 0.5) is 5.82 Å². The number of amides is 1. The van der Waals surface area contributed by atoms with Gasteiger partial charge in [-0.05, 0) is 31.4 Å². The highest BCUT2D eigenvalue weighted by atomic mass is 16.2. The molecule has 2 aromatic heterocycles. The number of rotatable bonds is 5. The molecule has 164 valence electrons. The van der Waals surface area contributed by atoms with Crippen LogP contribution in [0.25, 0.3) is 16.7 Å². The Morgan fingerprint density at radius 2 is 1.77 bits per heavy atom. The first-order valence-electron chi connectivity index (χ1n) is 11.2. The van der Waals surface area contributed by atoms with E-state index in [9.17, 15) is 4.79 Å². The van der Waals surface area contributed by atoms with Gasteiger partial charge in [-0.1, -0.05) is 39.0 Å². The minimum atomic E-state index is 0.250. The van der Waals surface area contributed by atoms with Crippen LogP contribution in [-0.2, 0) is 11.2 Å². The smallest absolute Gasteiger partial charge is 0.222 e. The van der Waals surface area contributed by atoms with E-state index in [1.807, 2.05) is 28.6 Å². The van der Waals surface area contributed by atoms with E-state index in [0.717, 1.165) is 72.2 Å². The zero-order valence-electron chi connectivity index (χ0n) is 19.2. The van der Waals surface area contributed by atoms with Gasteiger partial charge in [0.15, 0.2) is 5.65 Å². The topological polar surface area (TPSA) is 67.2 Å². The quantitative estimate of drug-likeness (QED) is 0.630. The molecule has 0 spiro atoms. The maximum Gasteiger partial charge on any atom is 0.222 e. The lowest BCUT2D eigenvalue weighted by Gasteiger charge is -2.36. The van der Waals surface area contributed by atoms with Crippen LogP contribution in [0.1, 0.15) is 44.3 Å². The molecule has 1 aliphatic rings. The second-order valence-electron chi connectivity index (χ2n) is 8.77. The summed E-state index contributed by atoms with van der Waals surface area (Å²) in [7, 11) is 0. The predicted molar refractivity (Wildman–Crippen MR) is 124 cm³/mol. The number of fused-ring (bicyclic) bond motifs is 1. The van der Waals surface area contributed by atoms with E-state index >= 15 is 0 Å². The van der Waals surface area contributed by atoms with Crippen LogP contribution in [0, 0.1) is 19.8 Å². The van der Waals surface area contributed by atoms with Gasteiger partial charge >= 0.3 is 0 Å². The van der Waals surface area contributed by atoms with E-state index in [4.69, 9.17) is 15.1 Å². The van der Waals surface area contributed by atoms with E-state index in [1.165, 1.54) is 0 Å². The molecule has 31 heavy (non-hydrogen) atoms. The van der Waals surface area contributed by atoms with Crippen LogP contribution in [-0.4, -0.2) is 56.7 Å². The molecule has 7 heteroatoms. The minimum absolute atomic E-state index is 0.250. The zero-order chi connectivity index (χ0) is 22.1. The Kier molecular flexibility index (Phi) is 5.94. The Balaban J connectivity index is 1.71. The van der Waals surface area contributed by atoms with Crippen LogP contribution in [0.3, 0.4) is 0 Å². The summed E-state index contributed by atoms with van der Waals surface area (Å²) in [6, 6.07) is 8.23. The van der Waals surface area contributed by atoms with Gasteiger partial charge in [-0.2, -0.15) is 5.10 Å². The van der Waals surface area contributed by atoms with E-state index in [1.54, 1.807) is 0 Å². The Hall–Kier alpha value is -2.96. The Bertz CT molecular complexity index is 1090. The van der Waals surface area contributed by atoms with Gasteiger partial charge < -0.3 is 9.80 Å². The fourth-order valence-corrected chi connectivity index (χ4v) is 4.21. The molecule has 3 heterocycles. The lowest BCUT2D eigenvalue weighted by atomic mass is 10.1. The van der Waals surface area contributed by atoms with Crippen molar-refractivity contribution in [3.05, 3.63) is 41.3 Å². The van der Waals surface area contributed by atoms with Crippen molar-refractivity contribution in [1.82, 2.24) is 24.6 Å². The molecule has 0 N–H and O–H groups in total. The number of aromatic nitrogens is 4. The predicted octanol–water partition coefficient (Wildman–Crippen LogP) is 3.69. The van der Waals surface area contributed by atoms with E-state index in [-0.39, 0.29) is 5.91 Å². The van der Waals surface area contributed by atoms with Crippen LogP contribution < -0.4 is 4.90 Å². The summed E-state index contributed by atoms with van der Waals surface area (Å²) in [6.07, 6.45) is 1.37. The maximum absolute atomic E-state index is 12.5. The zero-order valence-corrected chi connectivity index (χ0v) is 19.2. The third kappa shape index (κ3) is 4.13. The van der Waals surface area contributed by atoms with E-state index in [2.05, 4.69) is 44.7 Å². The third-order valence-electron chi connectivity index (χ3n) is 5.90. The number of anilines is 1. The lowest BCUT2D eigenvalue weighted by molar-refractivity contribution is -0.132. The Labute approximate surface area is 184 Å². The number of aryl methyl sites for hydroxylation is 3. The second kappa shape index (κ2) is 8.65. The number of carbonyl (C=O) groups excluding carboxylic acids is 1. The van der Waals surface area contributed by atoms with Gasteiger partial charge in [-0.3, -0.25) is 4.79 Å². The SMILES string of the molecule is CCc1nc(N2CCN(C(=O)CC(C)C)CC2)c2c(C)nn(-c3ccccc3C)c2n1. The molecule has 4 rings (SSSR count). The van der Waals surface area contributed by atoms with E-state index in [0.29, 0.717) is 12.3 Å². The van der Waals surface area contributed by atoms with Crippen molar-refractivity contribution >= 4 is 22.8 Å². The molecule has 0 radical (unpaired) electrons. The Morgan fingerprint density at radius 3 is 2.42 bits per heavy atom. The van der Waals surface area contributed by atoms with Gasteiger partial charge in [0.25, 0.3) is 0 Å². The monoisotopic (exact) mass is 420 g/mol. The molecular formula is C24H32N6O. The normalized spacial score (nSPS) is 14.6. The summed E-state index contributed by atoms with van der Waals surface area (Å²) >= 11 is 0. The molecule has 0 atom stereocenters. The summed E-state index contributed by atoms with van der Waals surface area (Å²) in [5.41, 5.74) is 3.97. The van der Waals surface area contributed by atoms with Crippen LogP contribution in [0.2, 0.25) is 0 Å². The number of hydrogen-bond acceptors (Lipinski definition) is 5. The summed E-state index contributed by atoms with van der Waals surface area (Å²) in [6.45, 7) is 13.4. The summed E-state index contributed by atoms with van der Waals surface area (Å²) in [5.74, 6) is 2.39. The van der Waals surface area contributed by atoms with Crippen molar-refractivity contribution < 1.29 is 4.79 Å². The largest absolute Gasteiger partial charge is 0.352 e. The standard InChI is InChI=1S/C24H32N6O/c1-6-20-25-23(29-13-11-28(12-14-29)21(31)15-16(2)3)22-18(5)27-30(24(22)26-20)19-10-8-7-9-17(19)4/h7-10,16H,6,11-15H2,1-5H3. The summed E-state index contributed by atoms with van der Waals surface area (Å²) < 4.78 is 1.95. The van der Waals surface area contributed by atoms with Crippen LogP contribution in [0.15, 0.2) is 24.3 Å². The molecule has 1 fully saturated rings. The van der Waals surface area contributed by atoms with Gasteiger partial charge in [-0.25, -0.2) is 14.6 Å². The maximum atomic E-state index is 12.5. The molecule has 0 bridgehead atoms. The van der Waals surface area contributed by atoms with Crippen molar-refractivity contribution in [2.45, 2.75) is 47.5 Å². The van der Waals surface area contributed by atoms with Gasteiger partial charge in [0, 0.05) is 39.0 Å². The van der Waals surface area contributed by atoms with Gasteiger partial charge in [0.1, 0.15) is 11.6 Å². The van der Waals surface area contributed by atoms with E-state index < -0.39 is 0 Å². The van der Waals surface area contributed by atoms with Crippen molar-refractivity contribution in [1.29, 1.82) is 0 Å². The number of benzene rings is 1. The minimum Gasteiger partial charge on any atom is -0.352 e. The van der Waals surface area contributed by atoms with Gasteiger partial charge in [-0.15, -0.1) is 0 Å². The van der Waals surface area contributed by atoms with Gasteiger partial charge in [0.2, 0.25) is 5.91 Å². The fraction of sp³-hybridized carbons (Fsp3) is 0.500. The first-order chi connectivity index (χ1) is 14.9. The fourth-order valence-electron chi connectivity index (χ4n) is 4.21. The first kappa shape index (κ1) is 21.3. The first-order valence-corrected chi connectivity index (χ1v) is 11.2. The third-order valence-corrected chi connectivity index (χ3v) is 5.90. The summed E-state index contributed by atoms with van der Waals surface area (Å²) in [4.78, 5) is 26.5. The molecule has 1 amide bonds.